The van der Waals surface area contributed by atoms with Gasteiger partial charge in [0.15, 0.2) is 0 Å². The van der Waals surface area contributed by atoms with Crippen molar-refractivity contribution in [3.63, 3.8) is 0 Å². The van der Waals surface area contributed by atoms with Gasteiger partial charge in [0.25, 0.3) is 11.8 Å². The molecule has 10 atom stereocenters. The van der Waals surface area contributed by atoms with Crippen LogP contribution in [0.5, 0.6) is 11.5 Å². The lowest BCUT2D eigenvalue weighted by atomic mass is 9.89. The maximum Gasteiger partial charge on any atom is 0.252 e. The summed E-state index contributed by atoms with van der Waals surface area (Å²) in [5.41, 5.74) is -1.80. The highest BCUT2D eigenvalue weighted by molar-refractivity contribution is 8.00. The molecule has 0 aromatic heterocycles. The van der Waals surface area contributed by atoms with E-state index >= 15 is 0 Å². The second-order valence-electron chi connectivity index (χ2n) is 11.5. The van der Waals surface area contributed by atoms with Crippen molar-refractivity contribution in [3.05, 3.63) is 71.8 Å². The summed E-state index contributed by atoms with van der Waals surface area (Å²) in [6.45, 7) is 0.657. The lowest BCUT2D eigenvalue weighted by Gasteiger charge is -2.47. The van der Waals surface area contributed by atoms with E-state index in [1.54, 1.807) is 37.3 Å². The first-order valence-electron chi connectivity index (χ1n) is 15.1. The first-order chi connectivity index (χ1) is 22.6. The Hall–Kier alpha value is -3.47. The molecule has 7 N–H and O–H groups in total. The van der Waals surface area contributed by atoms with Gasteiger partial charge in [0.1, 0.15) is 46.8 Å². The van der Waals surface area contributed by atoms with E-state index in [0.717, 1.165) is 17.1 Å². The van der Waals surface area contributed by atoms with E-state index in [1.807, 2.05) is 18.2 Å². The molecular weight excluding hydrogens is 632 g/mol. The molecule has 0 aliphatic carbocycles. The van der Waals surface area contributed by atoms with Gasteiger partial charge >= 0.3 is 0 Å². The van der Waals surface area contributed by atoms with Crippen molar-refractivity contribution in [2.75, 3.05) is 27.4 Å². The molecule has 0 radical (unpaired) electrons. The maximum absolute atomic E-state index is 13.4. The van der Waals surface area contributed by atoms with Crippen LogP contribution in [0.3, 0.4) is 0 Å². The predicted molar refractivity (Wildman–Crippen MR) is 172 cm³/mol. The Balaban J connectivity index is 1.35. The van der Waals surface area contributed by atoms with E-state index in [-0.39, 0.29) is 5.56 Å². The van der Waals surface area contributed by atoms with E-state index in [9.17, 15) is 35.1 Å². The number of ether oxygens (including phenoxy) is 4. The Morgan fingerprint density at radius 3 is 1.98 bits per heavy atom. The van der Waals surface area contributed by atoms with Crippen LogP contribution >= 0.6 is 11.8 Å². The topological polar surface area (TPSA) is 196 Å². The van der Waals surface area contributed by atoms with E-state index < -0.39 is 84.4 Å². The largest absolute Gasteiger partial charge is 0.497 e. The quantitative estimate of drug-likeness (QED) is 0.159. The molecule has 3 aromatic rings. The number of methoxy groups -OCH3 is 2. The third-order valence-electron chi connectivity index (χ3n) is 8.68. The number of carbonyl (C=O) groups excluding carboxylic acids is 2. The Bertz CT molecular complexity index is 1530. The number of rotatable bonds is 10. The van der Waals surface area contributed by atoms with Crippen molar-refractivity contribution < 1.29 is 54.1 Å². The fourth-order valence-electron chi connectivity index (χ4n) is 5.96. The summed E-state index contributed by atoms with van der Waals surface area (Å²) in [4.78, 5) is 26.8. The highest BCUT2D eigenvalue weighted by Crippen LogP contribution is 2.38. The summed E-state index contributed by atoms with van der Waals surface area (Å²) in [6, 6.07) is 15.0. The zero-order valence-corrected chi connectivity index (χ0v) is 26.9. The molecule has 2 saturated heterocycles. The highest BCUT2D eigenvalue weighted by Gasteiger charge is 2.50. The van der Waals surface area contributed by atoms with Gasteiger partial charge in [-0.3, -0.25) is 9.59 Å². The zero-order valence-electron chi connectivity index (χ0n) is 26.1. The van der Waals surface area contributed by atoms with Crippen LogP contribution in [0.1, 0.15) is 27.6 Å². The highest BCUT2D eigenvalue weighted by atomic mass is 32.2. The summed E-state index contributed by atoms with van der Waals surface area (Å²) in [6.07, 6.45) is -6.35. The lowest BCUT2D eigenvalue weighted by molar-refractivity contribution is -0.168. The number of hydrogen-bond acceptors (Lipinski definition) is 12. The molecule has 2 heterocycles. The molecule has 13 nitrogen and oxygen atoms in total. The van der Waals surface area contributed by atoms with Crippen LogP contribution in [0, 0.1) is 5.92 Å². The molecule has 47 heavy (non-hydrogen) atoms. The van der Waals surface area contributed by atoms with E-state index in [4.69, 9.17) is 18.9 Å². The van der Waals surface area contributed by atoms with Crippen molar-refractivity contribution in [1.82, 2.24) is 10.6 Å². The number of aliphatic hydroxyl groups is 5. The van der Waals surface area contributed by atoms with Crippen molar-refractivity contribution in [1.29, 1.82) is 0 Å². The van der Waals surface area contributed by atoms with Crippen molar-refractivity contribution >= 4 is 34.3 Å². The summed E-state index contributed by atoms with van der Waals surface area (Å²) < 4.78 is 22.3. The van der Waals surface area contributed by atoms with Gasteiger partial charge in [-0.2, -0.15) is 0 Å². The molecule has 0 saturated carbocycles. The fraction of sp³-hybridized carbons (Fsp3) is 0.455. The van der Waals surface area contributed by atoms with Gasteiger partial charge in [-0.05, 0) is 29.0 Å². The average molecular weight is 673 g/mol. The third-order valence-corrected chi connectivity index (χ3v) is 10.0. The first kappa shape index (κ1) is 34.9. The van der Waals surface area contributed by atoms with Gasteiger partial charge < -0.3 is 55.1 Å². The maximum atomic E-state index is 13.4. The second kappa shape index (κ2) is 15.2. The smallest absolute Gasteiger partial charge is 0.252 e. The molecule has 3 aromatic carbocycles. The van der Waals surface area contributed by atoms with Crippen molar-refractivity contribution in [2.24, 2.45) is 5.92 Å². The number of hydrogen-bond donors (Lipinski definition) is 7. The second-order valence-corrected chi connectivity index (χ2v) is 12.7. The van der Waals surface area contributed by atoms with E-state index in [2.05, 4.69) is 10.6 Å². The van der Waals surface area contributed by atoms with Crippen LogP contribution in [0.4, 0.5) is 0 Å². The Labute approximate surface area is 275 Å². The average Bonchev–Trinajstić information content (AvgIpc) is 3.09. The van der Waals surface area contributed by atoms with Gasteiger partial charge in [-0.25, -0.2) is 0 Å². The number of thioether (sulfide) groups is 1. The third kappa shape index (κ3) is 7.34. The summed E-state index contributed by atoms with van der Waals surface area (Å²) >= 11 is 0.848. The minimum absolute atomic E-state index is 0.215. The minimum Gasteiger partial charge on any atom is -0.497 e. The van der Waals surface area contributed by atoms with Crippen LogP contribution in [-0.4, -0.2) is 118 Å². The van der Waals surface area contributed by atoms with Crippen LogP contribution in [0.15, 0.2) is 60.7 Å². The van der Waals surface area contributed by atoms with Gasteiger partial charge in [-0.1, -0.05) is 55.1 Å². The van der Waals surface area contributed by atoms with Crippen LogP contribution in [0.2, 0.25) is 0 Å². The monoisotopic (exact) mass is 672 g/mol. The number of fused-ring (bicyclic) bond motifs is 1. The van der Waals surface area contributed by atoms with Gasteiger partial charge in [0.05, 0.1) is 45.6 Å². The van der Waals surface area contributed by atoms with Crippen LogP contribution < -0.4 is 20.1 Å². The van der Waals surface area contributed by atoms with Crippen LogP contribution in [0.25, 0.3) is 10.8 Å². The molecule has 2 fully saturated rings. The summed E-state index contributed by atoms with van der Waals surface area (Å²) in [7, 11) is 2.91. The number of carbonyl (C=O) groups is 2. The Morgan fingerprint density at radius 2 is 1.34 bits per heavy atom. The number of aliphatic hydroxyl groups excluding tert-OH is 5. The molecule has 14 heteroatoms. The molecular formula is C33H40N2O11S. The Kier molecular flexibility index (Phi) is 11.3. The zero-order chi connectivity index (χ0) is 33.8. The standard InChI is InChI=1S/C33H40N2O11S/c1-16-23(14-36)45-32(28(39)25(16)34-30(41)18-11-19(43-2)13-20(12-18)44-3)47-33-29(40)26(27(38)24(15-37)46-33)35-31(42)22-10-6-8-17-7-4-5-9-21(17)22/h4-13,16,23-29,32-33,36-40H,14-15H2,1-3H3,(H,34,41)(H,35,42)/t16-,23+,24?,25?,26?,27-,28?,29-,32-,33-/m0/s1. The Morgan fingerprint density at radius 1 is 0.766 bits per heavy atom. The van der Waals surface area contributed by atoms with E-state index in [0.29, 0.717) is 22.4 Å². The molecule has 4 unspecified atom stereocenters. The molecule has 2 aliphatic heterocycles. The molecule has 5 rings (SSSR count). The predicted octanol–water partition coefficient (Wildman–Crippen LogP) is 0.640. The number of amides is 2. The van der Waals surface area contributed by atoms with Gasteiger partial charge in [0, 0.05) is 23.1 Å². The van der Waals surface area contributed by atoms with Crippen LogP contribution in [-0.2, 0) is 9.47 Å². The number of benzene rings is 3. The number of nitrogens with one attached hydrogen (secondary N) is 2. The fourth-order valence-corrected chi connectivity index (χ4v) is 7.29. The summed E-state index contributed by atoms with van der Waals surface area (Å²) in [5, 5.41) is 61.0. The van der Waals surface area contributed by atoms with Crippen molar-refractivity contribution in [2.45, 2.75) is 60.4 Å². The van der Waals surface area contributed by atoms with Gasteiger partial charge in [-0.15, -0.1) is 0 Å². The molecule has 0 bridgehead atoms. The molecule has 0 spiro atoms. The minimum atomic E-state index is -1.52. The molecule has 254 valence electrons. The normalized spacial score (nSPS) is 30.8. The van der Waals surface area contributed by atoms with E-state index in [1.165, 1.54) is 26.4 Å². The SMILES string of the molecule is COc1cc(OC)cc(C(=O)NC2C(O)[C@H](S[C@@H]3OC(CO)[C@H](O)C(NC(=O)c4cccc5ccccc45)[C@@H]3O)O[C@H](CO)[C@@H]2C)c1. The van der Waals surface area contributed by atoms with Crippen molar-refractivity contribution in [3.8, 4) is 11.5 Å². The molecule has 2 aliphatic rings. The summed E-state index contributed by atoms with van der Waals surface area (Å²) in [5.74, 6) is -0.840. The lowest BCUT2D eigenvalue weighted by Crippen LogP contribution is -2.65. The van der Waals surface area contributed by atoms with Gasteiger partial charge in [0.2, 0.25) is 0 Å². The first-order valence-corrected chi connectivity index (χ1v) is 16.1. The molecule has 2 amide bonds.